The van der Waals surface area contributed by atoms with E-state index in [9.17, 15) is 4.79 Å². The van der Waals surface area contributed by atoms with Crippen molar-refractivity contribution in [3.63, 3.8) is 0 Å². The number of rotatable bonds is 8. The van der Waals surface area contributed by atoms with Crippen molar-refractivity contribution in [1.29, 1.82) is 0 Å². The number of fused-ring (bicyclic) bond motifs is 1. The molecule has 0 saturated heterocycles. The van der Waals surface area contributed by atoms with E-state index in [0.717, 1.165) is 24.2 Å². The highest BCUT2D eigenvalue weighted by Gasteiger charge is 2.34. The summed E-state index contributed by atoms with van der Waals surface area (Å²) in [7, 11) is 0. The van der Waals surface area contributed by atoms with Crippen LogP contribution in [0.1, 0.15) is 37.4 Å². The van der Waals surface area contributed by atoms with Crippen molar-refractivity contribution in [2.45, 2.75) is 32.7 Å². The second-order valence-electron chi connectivity index (χ2n) is 7.30. The van der Waals surface area contributed by atoms with Crippen LogP contribution < -0.4 is 10.1 Å². The number of nitrogens with one attached hydrogen (secondary N) is 1. The molecule has 31 heavy (non-hydrogen) atoms. The van der Waals surface area contributed by atoms with Gasteiger partial charge in [-0.3, -0.25) is 0 Å². The summed E-state index contributed by atoms with van der Waals surface area (Å²) in [5.74, 6) is 0.875. The first-order valence-corrected chi connectivity index (χ1v) is 10.4. The molecule has 1 aliphatic heterocycles. The first-order chi connectivity index (χ1) is 15.2. The second-order valence-corrected chi connectivity index (χ2v) is 7.30. The van der Waals surface area contributed by atoms with Gasteiger partial charge in [-0.2, -0.15) is 4.68 Å². The molecule has 8 nitrogen and oxygen atoms in total. The minimum absolute atomic E-state index is 0.360. The number of ether oxygens (including phenoxy) is 2. The number of esters is 1. The van der Waals surface area contributed by atoms with Crippen molar-refractivity contribution < 1.29 is 14.3 Å². The van der Waals surface area contributed by atoms with E-state index >= 15 is 0 Å². The lowest BCUT2D eigenvalue weighted by molar-refractivity contribution is -0.139. The van der Waals surface area contributed by atoms with Gasteiger partial charge >= 0.3 is 5.97 Å². The number of hydrogen-bond donors (Lipinski definition) is 1. The average molecular weight is 419 g/mol. The van der Waals surface area contributed by atoms with E-state index in [1.165, 1.54) is 5.56 Å². The highest BCUT2D eigenvalue weighted by atomic mass is 16.5. The SMILES string of the molecule is CCCOC(=O)C1=C(C)Nc2nnnn2C1c1ccc(OCCc2ccccc2)cc1. The number of allylic oxidation sites excluding steroid dienone is 1. The maximum absolute atomic E-state index is 12.8. The molecule has 0 radical (unpaired) electrons. The fourth-order valence-corrected chi connectivity index (χ4v) is 3.54. The molecule has 2 heterocycles. The zero-order valence-electron chi connectivity index (χ0n) is 17.6. The monoisotopic (exact) mass is 419 g/mol. The van der Waals surface area contributed by atoms with Gasteiger partial charge < -0.3 is 14.8 Å². The summed E-state index contributed by atoms with van der Waals surface area (Å²) < 4.78 is 12.9. The fourth-order valence-electron chi connectivity index (χ4n) is 3.54. The van der Waals surface area contributed by atoms with Gasteiger partial charge in [-0.05, 0) is 47.0 Å². The molecular weight excluding hydrogens is 394 g/mol. The molecule has 1 N–H and O–H groups in total. The average Bonchev–Trinajstić information content (AvgIpc) is 3.26. The third-order valence-electron chi connectivity index (χ3n) is 5.07. The topological polar surface area (TPSA) is 91.2 Å². The first-order valence-electron chi connectivity index (χ1n) is 10.4. The van der Waals surface area contributed by atoms with Crippen LogP contribution in [0.4, 0.5) is 5.95 Å². The van der Waals surface area contributed by atoms with Gasteiger partial charge in [0.1, 0.15) is 11.8 Å². The van der Waals surface area contributed by atoms with Crippen molar-refractivity contribution in [2.75, 3.05) is 18.5 Å². The normalized spacial score (nSPS) is 15.2. The molecule has 1 aromatic heterocycles. The van der Waals surface area contributed by atoms with Crippen LogP contribution in [0.5, 0.6) is 5.75 Å². The Kier molecular flexibility index (Phi) is 6.26. The number of aromatic nitrogens is 4. The Hall–Kier alpha value is -3.68. The van der Waals surface area contributed by atoms with E-state index < -0.39 is 6.04 Å². The van der Waals surface area contributed by atoms with Gasteiger partial charge in [0.25, 0.3) is 0 Å². The zero-order chi connectivity index (χ0) is 21.6. The molecule has 1 atom stereocenters. The fraction of sp³-hybridized carbons (Fsp3) is 0.304. The van der Waals surface area contributed by atoms with Crippen LogP contribution in [0, 0.1) is 0 Å². The van der Waals surface area contributed by atoms with Crippen molar-refractivity contribution >= 4 is 11.9 Å². The maximum atomic E-state index is 12.8. The third kappa shape index (κ3) is 4.58. The zero-order valence-corrected chi connectivity index (χ0v) is 17.6. The highest BCUT2D eigenvalue weighted by molar-refractivity contribution is 5.92. The largest absolute Gasteiger partial charge is 0.493 e. The Morgan fingerprint density at radius 3 is 2.61 bits per heavy atom. The Balaban J connectivity index is 1.53. The molecule has 1 unspecified atom stereocenters. The van der Waals surface area contributed by atoms with Crippen LogP contribution in [-0.4, -0.2) is 39.4 Å². The van der Waals surface area contributed by atoms with Gasteiger partial charge in [0.05, 0.1) is 18.8 Å². The Morgan fingerprint density at radius 1 is 1.10 bits per heavy atom. The second kappa shape index (κ2) is 9.42. The van der Waals surface area contributed by atoms with Gasteiger partial charge in [0.2, 0.25) is 5.95 Å². The molecule has 0 bridgehead atoms. The maximum Gasteiger partial charge on any atom is 0.338 e. The number of benzene rings is 2. The quantitative estimate of drug-likeness (QED) is 0.559. The minimum atomic E-state index is -0.478. The molecule has 0 aliphatic carbocycles. The Labute approximate surface area is 180 Å². The molecule has 2 aromatic carbocycles. The summed E-state index contributed by atoms with van der Waals surface area (Å²) in [4.78, 5) is 12.8. The Bertz CT molecular complexity index is 1060. The van der Waals surface area contributed by atoms with Gasteiger partial charge in [0, 0.05) is 12.1 Å². The van der Waals surface area contributed by atoms with Crippen LogP contribution in [0.15, 0.2) is 65.9 Å². The molecule has 0 spiro atoms. The summed E-state index contributed by atoms with van der Waals surface area (Å²) in [6, 6.07) is 17.4. The summed E-state index contributed by atoms with van der Waals surface area (Å²) in [6.07, 6.45) is 1.58. The van der Waals surface area contributed by atoms with E-state index in [4.69, 9.17) is 9.47 Å². The van der Waals surface area contributed by atoms with Gasteiger partial charge in [-0.1, -0.05) is 54.5 Å². The molecule has 160 valence electrons. The third-order valence-corrected chi connectivity index (χ3v) is 5.07. The summed E-state index contributed by atoms with van der Waals surface area (Å²) in [5, 5.41) is 14.9. The first kappa shape index (κ1) is 20.6. The lowest BCUT2D eigenvalue weighted by Gasteiger charge is -2.27. The molecule has 4 rings (SSSR count). The number of nitrogens with zero attached hydrogens (tertiary/aromatic N) is 4. The highest BCUT2D eigenvalue weighted by Crippen LogP contribution is 2.35. The van der Waals surface area contributed by atoms with Crippen molar-refractivity contribution in [3.8, 4) is 5.75 Å². The minimum Gasteiger partial charge on any atom is -0.493 e. The molecule has 3 aromatic rings. The molecule has 1 aliphatic rings. The lowest BCUT2D eigenvalue weighted by Crippen LogP contribution is -2.29. The summed E-state index contributed by atoms with van der Waals surface area (Å²) >= 11 is 0. The predicted octanol–water partition coefficient (Wildman–Crippen LogP) is 3.54. The molecular formula is C23H25N5O3. The van der Waals surface area contributed by atoms with E-state index in [0.29, 0.717) is 30.4 Å². The van der Waals surface area contributed by atoms with E-state index in [-0.39, 0.29) is 5.97 Å². The van der Waals surface area contributed by atoms with Crippen LogP contribution in [0.3, 0.4) is 0 Å². The van der Waals surface area contributed by atoms with Crippen molar-refractivity contribution in [2.24, 2.45) is 0 Å². The van der Waals surface area contributed by atoms with Crippen molar-refractivity contribution in [3.05, 3.63) is 77.0 Å². The van der Waals surface area contributed by atoms with E-state index in [1.807, 2.05) is 56.3 Å². The predicted molar refractivity (Wildman–Crippen MR) is 116 cm³/mol. The van der Waals surface area contributed by atoms with Crippen LogP contribution >= 0.6 is 0 Å². The number of carbonyl (C=O) groups excluding carboxylic acids is 1. The molecule has 8 heteroatoms. The lowest BCUT2D eigenvalue weighted by atomic mass is 9.96. The van der Waals surface area contributed by atoms with Gasteiger partial charge in [-0.15, -0.1) is 0 Å². The van der Waals surface area contributed by atoms with Crippen LogP contribution in [0.25, 0.3) is 0 Å². The van der Waals surface area contributed by atoms with E-state index in [2.05, 4.69) is 33.0 Å². The number of anilines is 1. The van der Waals surface area contributed by atoms with Crippen LogP contribution in [-0.2, 0) is 16.0 Å². The molecule has 0 saturated carbocycles. The number of tetrazole rings is 1. The van der Waals surface area contributed by atoms with E-state index in [1.54, 1.807) is 4.68 Å². The number of carbonyl (C=O) groups is 1. The van der Waals surface area contributed by atoms with Crippen LogP contribution in [0.2, 0.25) is 0 Å². The summed E-state index contributed by atoms with van der Waals surface area (Å²) in [6.45, 7) is 4.73. The summed E-state index contributed by atoms with van der Waals surface area (Å²) in [5.41, 5.74) is 3.27. The Morgan fingerprint density at radius 2 is 1.87 bits per heavy atom. The molecule has 0 fully saturated rings. The standard InChI is InChI=1S/C23H25N5O3/c1-3-14-31-22(29)20-16(2)24-23-25-26-27-28(23)21(20)18-9-11-19(12-10-18)30-15-13-17-7-5-4-6-8-17/h4-12,21H,3,13-15H2,1-2H3,(H,24,25,27). The van der Waals surface area contributed by atoms with Gasteiger partial charge in [-0.25, -0.2) is 4.79 Å². The molecule has 0 amide bonds. The smallest absolute Gasteiger partial charge is 0.338 e. The number of hydrogen-bond acceptors (Lipinski definition) is 7. The van der Waals surface area contributed by atoms with Gasteiger partial charge in [0.15, 0.2) is 0 Å². The van der Waals surface area contributed by atoms with Crippen molar-refractivity contribution in [1.82, 2.24) is 20.2 Å².